The molecule has 1 spiro atoms. The van der Waals surface area contributed by atoms with Crippen LogP contribution in [-0.4, -0.2) is 75.9 Å². The molecular formula is C27H22N2O12. The molecule has 4 amide bonds. The van der Waals surface area contributed by atoms with Crippen molar-refractivity contribution in [3.63, 3.8) is 0 Å². The zero-order valence-corrected chi connectivity index (χ0v) is 22.2. The number of carbonyl (C=O) groups is 8. The Morgan fingerprint density at radius 3 is 1.20 bits per heavy atom. The molecule has 0 saturated carbocycles. The zero-order chi connectivity index (χ0) is 30.2. The number of carbonyl (C=O) groups excluding carboxylic acids is 8. The van der Waals surface area contributed by atoms with E-state index in [4.69, 9.17) is 9.47 Å². The van der Waals surface area contributed by atoms with Crippen LogP contribution in [0.2, 0.25) is 0 Å². The van der Waals surface area contributed by atoms with Gasteiger partial charge in [0.25, 0.3) is 11.8 Å². The van der Waals surface area contributed by atoms with Crippen LogP contribution in [0.1, 0.15) is 54.3 Å². The highest BCUT2D eigenvalue weighted by Crippen LogP contribution is 2.46. The molecule has 0 aromatic heterocycles. The van der Waals surface area contributed by atoms with Crippen LogP contribution in [0, 0.1) is 5.41 Å². The van der Waals surface area contributed by atoms with Gasteiger partial charge in [-0.1, -0.05) is 0 Å². The Morgan fingerprint density at radius 2 is 0.878 bits per heavy atom. The topological polar surface area (TPSA) is 180 Å². The monoisotopic (exact) mass is 566 g/mol. The van der Waals surface area contributed by atoms with Crippen molar-refractivity contribution in [1.82, 2.24) is 0 Å². The number of amides is 4. The van der Waals surface area contributed by atoms with E-state index in [0.29, 0.717) is 9.80 Å². The molecule has 4 rings (SSSR count). The summed E-state index contributed by atoms with van der Waals surface area (Å²) in [6, 6.07) is 6.87. The molecule has 0 atom stereocenters. The van der Waals surface area contributed by atoms with Crippen molar-refractivity contribution < 1.29 is 57.3 Å². The number of ether oxygens (including phenoxy) is 4. The fourth-order valence-electron chi connectivity index (χ4n) is 4.78. The number of hydrogen-bond donors (Lipinski definition) is 0. The number of imide groups is 2. The number of benzene rings is 2. The second-order valence-corrected chi connectivity index (χ2v) is 8.93. The van der Waals surface area contributed by atoms with Crippen LogP contribution in [0.25, 0.3) is 0 Å². The molecule has 212 valence electrons. The number of hydrogen-bond acceptors (Lipinski definition) is 12. The Bertz CT molecular complexity index is 1440. The van der Waals surface area contributed by atoms with Crippen LogP contribution in [0.15, 0.2) is 36.4 Å². The minimum Gasteiger partial charge on any atom is -0.465 e. The molecule has 14 nitrogen and oxygen atoms in total. The van der Waals surface area contributed by atoms with Gasteiger partial charge in [-0.3, -0.25) is 19.2 Å². The van der Waals surface area contributed by atoms with Crippen molar-refractivity contribution in [3.05, 3.63) is 58.7 Å². The van der Waals surface area contributed by atoms with Crippen molar-refractivity contribution in [2.75, 3.05) is 38.2 Å². The average Bonchev–Trinajstić information content (AvgIpc) is 3.38. The first-order valence-electron chi connectivity index (χ1n) is 11.8. The summed E-state index contributed by atoms with van der Waals surface area (Å²) in [5.74, 6) is -7.36. The van der Waals surface area contributed by atoms with Crippen molar-refractivity contribution in [2.24, 2.45) is 5.41 Å². The van der Waals surface area contributed by atoms with Gasteiger partial charge in [0.15, 0.2) is 0 Å². The summed E-state index contributed by atoms with van der Waals surface area (Å²) < 4.78 is 18.7. The van der Waals surface area contributed by atoms with Gasteiger partial charge in [-0.05, 0) is 36.4 Å². The lowest BCUT2D eigenvalue weighted by molar-refractivity contribution is -0.136. The first-order valence-corrected chi connectivity index (χ1v) is 11.8. The Balaban J connectivity index is 1.74. The van der Waals surface area contributed by atoms with Gasteiger partial charge in [-0.15, -0.1) is 0 Å². The number of methoxy groups -OCH3 is 4. The summed E-state index contributed by atoms with van der Waals surface area (Å²) in [6.07, 6.45) is -1.33. The van der Waals surface area contributed by atoms with Gasteiger partial charge in [0.05, 0.1) is 74.9 Å². The molecule has 0 bridgehead atoms. The standard InChI is InChI=1S/C27H22N2O12/c1-38-21(32)15-7-5-13(9-17(15)23(34)40-3)28-19(30)11-27(25(28)36)12-20(31)29(26(27)37)14-6-8-16(22(33)39-2)18(10-14)24(35)41-4/h5-10H,11-12H2,1-4H3. The number of anilines is 2. The summed E-state index contributed by atoms with van der Waals surface area (Å²) in [4.78, 5) is 104. The highest BCUT2D eigenvalue weighted by atomic mass is 16.5. The summed E-state index contributed by atoms with van der Waals surface area (Å²) in [7, 11) is 4.33. The molecule has 0 unspecified atom stereocenters. The van der Waals surface area contributed by atoms with Gasteiger partial charge in [-0.25, -0.2) is 29.0 Å². The fraction of sp³-hybridized carbons (Fsp3) is 0.259. The third kappa shape index (κ3) is 4.48. The summed E-state index contributed by atoms with van der Waals surface area (Å²) in [5.41, 5.74) is -3.35. The maximum Gasteiger partial charge on any atom is 0.338 e. The van der Waals surface area contributed by atoms with E-state index < -0.39 is 65.8 Å². The molecule has 2 aromatic rings. The number of nitrogens with zero attached hydrogens (tertiary/aromatic N) is 2. The largest absolute Gasteiger partial charge is 0.465 e. The van der Waals surface area contributed by atoms with E-state index >= 15 is 0 Å². The van der Waals surface area contributed by atoms with Gasteiger partial charge < -0.3 is 18.9 Å². The maximum atomic E-state index is 13.7. The highest BCUT2D eigenvalue weighted by molar-refractivity contribution is 6.38. The summed E-state index contributed by atoms with van der Waals surface area (Å²) in [5, 5.41) is 0. The molecule has 2 aliphatic rings. The lowest BCUT2D eigenvalue weighted by Crippen LogP contribution is -2.42. The van der Waals surface area contributed by atoms with E-state index in [9.17, 15) is 38.4 Å². The molecule has 0 aliphatic carbocycles. The minimum absolute atomic E-state index is 0.140. The van der Waals surface area contributed by atoms with Crippen molar-refractivity contribution in [2.45, 2.75) is 12.8 Å². The van der Waals surface area contributed by atoms with E-state index in [1.807, 2.05) is 0 Å². The zero-order valence-electron chi connectivity index (χ0n) is 22.2. The van der Waals surface area contributed by atoms with Crippen LogP contribution >= 0.6 is 0 Å². The van der Waals surface area contributed by atoms with Crippen molar-refractivity contribution in [1.29, 1.82) is 0 Å². The molecule has 2 heterocycles. The third-order valence-corrected chi connectivity index (χ3v) is 6.77. The molecule has 41 heavy (non-hydrogen) atoms. The molecule has 2 fully saturated rings. The van der Waals surface area contributed by atoms with E-state index in [2.05, 4.69) is 9.47 Å². The van der Waals surface area contributed by atoms with Crippen LogP contribution in [0.3, 0.4) is 0 Å². The summed E-state index contributed by atoms with van der Waals surface area (Å²) >= 11 is 0. The molecule has 0 N–H and O–H groups in total. The van der Waals surface area contributed by atoms with Crippen molar-refractivity contribution in [3.8, 4) is 0 Å². The fourth-order valence-corrected chi connectivity index (χ4v) is 4.78. The summed E-state index contributed by atoms with van der Waals surface area (Å²) in [6.45, 7) is 0. The molecular weight excluding hydrogens is 544 g/mol. The SMILES string of the molecule is COC(=O)c1ccc(N2C(=O)CC3(CC(=O)N(c4ccc(C(=O)OC)c(C(=O)OC)c4)C3=O)C2=O)cc1C(=O)OC. The predicted molar refractivity (Wildman–Crippen MR) is 135 cm³/mol. The quantitative estimate of drug-likeness (QED) is 0.210. The van der Waals surface area contributed by atoms with Crippen molar-refractivity contribution >= 4 is 58.9 Å². The second-order valence-electron chi connectivity index (χ2n) is 8.93. The lowest BCUT2D eigenvalue weighted by atomic mass is 9.84. The first-order chi connectivity index (χ1) is 19.4. The molecule has 2 saturated heterocycles. The Hall–Kier alpha value is -5.40. The molecule has 2 aliphatic heterocycles. The van der Waals surface area contributed by atoms with Crippen LogP contribution in [0.4, 0.5) is 11.4 Å². The number of esters is 4. The van der Waals surface area contributed by atoms with Gasteiger partial charge >= 0.3 is 23.9 Å². The molecule has 14 heteroatoms. The number of rotatable bonds is 6. The molecule has 0 radical (unpaired) electrons. The average molecular weight is 566 g/mol. The Kier molecular flexibility index (Phi) is 7.42. The predicted octanol–water partition coefficient (Wildman–Crippen LogP) is 1.05. The van der Waals surface area contributed by atoms with Crippen LogP contribution < -0.4 is 9.80 Å². The van der Waals surface area contributed by atoms with E-state index in [0.717, 1.165) is 52.7 Å². The van der Waals surface area contributed by atoms with Gasteiger partial charge in [0, 0.05) is 0 Å². The van der Waals surface area contributed by atoms with Crippen LogP contribution in [-0.2, 0) is 38.1 Å². The Morgan fingerprint density at radius 1 is 0.561 bits per heavy atom. The smallest absolute Gasteiger partial charge is 0.338 e. The third-order valence-electron chi connectivity index (χ3n) is 6.77. The second kappa shape index (κ2) is 10.6. The molecule has 2 aromatic carbocycles. The van der Waals surface area contributed by atoms with Crippen LogP contribution in [0.5, 0.6) is 0 Å². The van der Waals surface area contributed by atoms with E-state index in [-0.39, 0.29) is 33.6 Å². The normalized spacial score (nSPS) is 15.8. The van der Waals surface area contributed by atoms with Gasteiger partial charge in [-0.2, -0.15) is 0 Å². The van der Waals surface area contributed by atoms with Gasteiger partial charge in [0.2, 0.25) is 11.8 Å². The Labute approximate surface area is 231 Å². The van der Waals surface area contributed by atoms with E-state index in [1.54, 1.807) is 0 Å². The van der Waals surface area contributed by atoms with E-state index in [1.165, 1.54) is 12.1 Å². The first kappa shape index (κ1) is 28.6. The minimum atomic E-state index is -2.10. The highest BCUT2D eigenvalue weighted by Gasteiger charge is 2.64. The lowest BCUT2D eigenvalue weighted by Gasteiger charge is -2.21. The maximum absolute atomic E-state index is 13.7. The van der Waals surface area contributed by atoms with Gasteiger partial charge in [0.1, 0.15) is 5.41 Å².